The van der Waals surface area contributed by atoms with Crippen molar-refractivity contribution in [3.8, 4) is 0 Å². The number of aliphatic hydroxyl groups is 1. The van der Waals surface area contributed by atoms with Gasteiger partial charge in [-0.2, -0.15) is 0 Å². The maximum absolute atomic E-state index is 11.9. The van der Waals surface area contributed by atoms with Gasteiger partial charge in [-0.25, -0.2) is 0 Å². The molecule has 0 radical (unpaired) electrons. The van der Waals surface area contributed by atoms with E-state index in [0.29, 0.717) is 5.02 Å². The van der Waals surface area contributed by atoms with Crippen molar-refractivity contribution in [1.29, 1.82) is 0 Å². The van der Waals surface area contributed by atoms with Crippen LogP contribution in [0.25, 0.3) is 0 Å². The average molecular weight is 372 g/mol. The molecule has 3 rings (SSSR count). The van der Waals surface area contributed by atoms with Crippen molar-refractivity contribution in [2.45, 2.75) is 50.5 Å². The summed E-state index contributed by atoms with van der Waals surface area (Å²) in [5, 5.41) is 12.7. The van der Waals surface area contributed by atoms with Crippen LogP contribution in [-0.4, -0.2) is 29.6 Å². The Morgan fingerprint density at radius 1 is 1.00 bits per heavy atom. The molecule has 2 aromatic rings. The molecule has 140 valence electrons. The van der Waals surface area contributed by atoms with E-state index in [0.717, 1.165) is 38.0 Å². The molecule has 1 aliphatic heterocycles. The summed E-state index contributed by atoms with van der Waals surface area (Å²) in [7, 11) is 0. The van der Waals surface area contributed by atoms with Gasteiger partial charge in [0.2, 0.25) is 0 Å². The number of rotatable bonds is 7. The second-order valence-electron chi connectivity index (χ2n) is 7.51. The van der Waals surface area contributed by atoms with E-state index in [9.17, 15) is 5.11 Å². The fourth-order valence-electron chi connectivity index (χ4n) is 4.26. The van der Waals surface area contributed by atoms with Crippen LogP contribution in [-0.2, 0) is 5.60 Å². The summed E-state index contributed by atoms with van der Waals surface area (Å²) in [5.74, 6) is 0.0444. The number of hydrogen-bond acceptors (Lipinski definition) is 2. The van der Waals surface area contributed by atoms with Crippen LogP contribution in [0.15, 0.2) is 54.6 Å². The number of halogens is 1. The minimum Gasteiger partial charge on any atom is -0.384 e. The van der Waals surface area contributed by atoms with Crippen LogP contribution in [0.5, 0.6) is 0 Å². The summed E-state index contributed by atoms with van der Waals surface area (Å²) >= 11 is 6.10. The monoisotopic (exact) mass is 371 g/mol. The second kappa shape index (κ2) is 9.03. The number of likely N-dealkylation sites (tertiary alicyclic amines) is 1. The highest BCUT2D eigenvalue weighted by molar-refractivity contribution is 6.30. The molecule has 2 aromatic carbocycles. The van der Waals surface area contributed by atoms with Crippen molar-refractivity contribution in [2.75, 3.05) is 19.6 Å². The first-order valence-electron chi connectivity index (χ1n) is 9.89. The summed E-state index contributed by atoms with van der Waals surface area (Å²) in [5.41, 5.74) is 1.29. The molecule has 2 nitrogen and oxygen atoms in total. The normalized spacial score (nSPS) is 19.0. The van der Waals surface area contributed by atoms with Crippen LogP contribution in [0.2, 0.25) is 5.02 Å². The summed E-state index contributed by atoms with van der Waals surface area (Å²) in [4.78, 5) is 2.53. The number of piperidine rings is 1. The van der Waals surface area contributed by atoms with Crippen molar-refractivity contribution in [1.82, 2.24) is 4.90 Å². The molecule has 1 aliphatic rings. The standard InChI is InChI=1S/C23H30ClNO/c1-2-15-23(26,20-11-13-21(24)14-12-20)22(19-9-5-3-6-10-19)18-25-16-7-4-8-17-25/h3,5-6,9-14,22,26H,2,4,7-8,15-18H2,1H3/t22-,23+/m0/s1. The predicted octanol–water partition coefficient (Wildman–Crippen LogP) is 5.60. The molecule has 1 saturated heterocycles. The van der Waals surface area contributed by atoms with Gasteiger partial charge in [0.15, 0.2) is 0 Å². The molecule has 1 N–H and O–H groups in total. The summed E-state index contributed by atoms with van der Waals surface area (Å²) in [6.45, 7) is 5.30. The van der Waals surface area contributed by atoms with Gasteiger partial charge in [-0.15, -0.1) is 0 Å². The third-order valence-electron chi connectivity index (χ3n) is 5.64. The van der Waals surface area contributed by atoms with E-state index < -0.39 is 5.60 Å². The van der Waals surface area contributed by atoms with Gasteiger partial charge in [0, 0.05) is 17.5 Å². The molecule has 0 saturated carbocycles. The Bertz CT molecular complexity index is 666. The zero-order chi connectivity index (χ0) is 18.4. The lowest BCUT2D eigenvalue weighted by atomic mass is 9.74. The largest absolute Gasteiger partial charge is 0.384 e. The van der Waals surface area contributed by atoms with E-state index in [4.69, 9.17) is 11.6 Å². The fourth-order valence-corrected chi connectivity index (χ4v) is 4.38. The molecule has 0 unspecified atom stereocenters. The predicted molar refractivity (Wildman–Crippen MR) is 110 cm³/mol. The van der Waals surface area contributed by atoms with Crippen LogP contribution in [0.4, 0.5) is 0 Å². The highest BCUT2D eigenvalue weighted by Gasteiger charge is 2.39. The van der Waals surface area contributed by atoms with Gasteiger partial charge >= 0.3 is 0 Å². The zero-order valence-electron chi connectivity index (χ0n) is 15.7. The Balaban J connectivity index is 1.99. The Morgan fingerprint density at radius 2 is 1.65 bits per heavy atom. The summed E-state index contributed by atoms with van der Waals surface area (Å²) in [6, 6.07) is 18.3. The van der Waals surface area contributed by atoms with E-state index in [1.807, 2.05) is 30.3 Å². The van der Waals surface area contributed by atoms with Crippen LogP contribution >= 0.6 is 11.6 Å². The molecule has 26 heavy (non-hydrogen) atoms. The van der Waals surface area contributed by atoms with Gasteiger partial charge in [0.1, 0.15) is 0 Å². The molecule has 0 bridgehead atoms. The molecule has 2 atom stereocenters. The third-order valence-corrected chi connectivity index (χ3v) is 5.90. The highest BCUT2D eigenvalue weighted by atomic mass is 35.5. The Hall–Kier alpha value is -1.35. The van der Waals surface area contributed by atoms with Gasteiger partial charge in [-0.1, -0.05) is 73.8 Å². The summed E-state index contributed by atoms with van der Waals surface area (Å²) in [6.07, 6.45) is 5.51. The fraction of sp³-hybridized carbons (Fsp3) is 0.478. The van der Waals surface area contributed by atoms with E-state index in [1.54, 1.807) is 0 Å². The van der Waals surface area contributed by atoms with Crippen molar-refractivity contribution >= 4 is 11.6 Å². The molecule has 0 amide bonds. The van der Waals surface area contributed by atoms with Gasteiger partial charge in [0.25, 0.3) is 0 Å². The second-order valence-corrected chi connectivity index (χ2v) is 7.94. The van der Waals surface area contributed by atoms with Crippen LogP contribution in [0, 0.1) is 0 Å². The Labute approximate surface area is 162 Å². The average Bonchev–Trinajstić information content (AvgIpc) is 2.68. The van der Waals surface area contributed by atoms with E-state index in [-0.39, 0.29) is 5.92 Å². The Morgan fingerprint density at radius 3 is 2.27 bits per heavy atom. The SMILES string of the molecule is CCC[C@@](O)(c1ccc(Cl)cc1)[C@@H](CN1CCCCC1)c1ccccc1. The number of hydrogen-bond donors (Lipinski definition) is 1. The number of nitrogens with zero attached hydrogens (tertiary/aromatic N) is 1. The van der Waals surface area contributed by atoms with E-state index >= 15 is 0 Å². The molecule has 1 fully saturated rings. The minimum atomic E-state index is -0.891. The van der Waals surface area contributed by atoms with Crippen molar-refractivity contribution in [3.05, 3.63) is 70.7 Å². The van der Waals surface area contributed by atoms with Crippen molar-refractivity contribution < 1.29 is 5.11 Å². The maximum atomic E-state index is 11.9. The smallest absolute Gasteiger partial charge is 0.0976 e. The van der Waals surface area contributed by atoms with Crippen LogP contribution in [0.1, 0.15) is 56.1 Å². The lowest BCUT2D eigenvalue weighted by Crippen LogP contribution is -2.42. The first kappa shape index (κ1) is 19.4. The molecule has 0 aromatic heterocycles. The summed E-state index contributed by atoms with van der Waals surface area (Å²) < 4.78 is 0. The molecule has 0 spiro atoms. The lowest BCUT2D eigenvalue weighted by Gasteiger charge is -2.41. The zero-order valence-corrected chi connectivity index (χ0v) is 16.5. The molecule has 1 heterocycles. The topological polar surface area (TPSA) is 23.5 Å². The van der Waals surface area contributed by atoms with E-state index in [1.165, 1.54) is 24.8 Å². The molecule has 3 heteroatoms. The lowest BCUT2D eigenvalue weighted by molar-refractivity contribution is -0.0152. The van der Waals surface area contributed by atoms with Crippen LogP contribution < -0.4 is 0 Å². The molecule has 0 aliphatic carbocycles. The van der Waals surface area contributed by atoms with E-state index in [2.05, 4.69) is 36.1 Å². The van der Waals surface area contributed by atoms with Gasteiger partial charge in [0.05, 0.1) is 5.60 Å². The van der Waals surface area contributed by atoms with Gasteiger partial charge in [-0.3, -0.25) is 0 Å². The Kier molecular flexibility index (Phi) is 6.74. The van der Waals surface area contributed by atoms with Crippen LogP contribution in [0.3, 0.4) is 0 Å². The maximum Gasteiger partial charge on any atom is 0.0976 e. The van der Waals surface area contributed by atoms with Crippen molar-refractivity contribution in [3.63, 3.8) is 0 Å². The van der Waals surface area contributed by atoms with Gasteiger partial charge in [-0.05, 0) is 55.6 Å². The number of benzene rings is 2. The quantitative estimate of drug-likeness (QED) is 0.685. The molecular weight excluding hydrogens is 342 g/mol. The van der Waals surface area contributed by atoms with Gasteiger partial charge < -0.3 is 10.0 Å². The first-order chi connectivity index (χ1) is 12.6. The first-order valence-corrected chi connectivity index (χ1v) is 10.3. The highest BCUT2D eigenvalue weighted by Crippen LogP contribution is 2.42. The molecular formula is C23H30ClNO. The third kappa shape index (κ3) is 4.49. The van der Waals surface area contributed by atoms with Crippen molar-refractivity contribution in [2.24, 2.45) is 0 Å². The minimum absolute atomic E-state index is 0.0444.